The van der Waals surface area contributed by atoms with Crippen LogP contribution in [0, 0.1) is 13.8 Å². The van der Waals surface area contributed by atoms with Crippen LogP contribution in [0.5, 0.6) is 0 Å². The molecule has 0 spiro atoms. The molecule has 9 heteroatoms. The van der Waals surface area contributed by atoms with E-state index in [1.54, 1.807) is 33.2 Å². The van der Waals surface area contributed by atoms with E-state index >= 15 is 0 Å². The first-order valence-corrected chi connectivity index (χ1v) is 8.43. The molecule has 2 aromatic heterocycles. The molecule has 0 aliphatic rings. The van der Waals surface area contributed by atoms with Crippen LogP contribution in [-0.2, 0) is 16.1 Å². The summed E-state index contributed by atoms with van der Waals surface area (Å²) >= 11 is 0.957. The minimum atomic E-state index is -0.663. The SMILES string of the molecule is Cc1cnn(CC(=O)Nc2sc(C(N)=O)c(C)c2C(=O)OC(C)C)c1. The third kappa shape index (κ3) is 4.44. The molecule has 0 fully saturated rings. The smallest absolute Gasteiger partial charge is 0.341 e. The Morgan fingerprint density at radius 2 is 2.04 bits per heavy atom. The lowest BCUT2D eigenvalue weighted by atomic mass is 10.1. The topological polar surface area (TPSA) is 116 Å². The number of thiophene rings is 1. The summed E-state index contributed by atoms with van der Waals surface area (Å²) in [7, 11) is 0. The summed E-state index contributed by atoms with van der Waals surface area (Å²) in [5.74, 6) is -1.65. The standard InChI is InChI=1S/C16H20N4O4S/c1-8(2)24-16(23)12-10(4)13(14(17)22)25-15(12)19-11(21)7-20-6-9(3)5-18-20/h5-6,8H,7H2,1-4H3,(H2,17,22)(H,19,21). The predicted octanol–water partition coefficient (Wildman–Crippen LogP) is 1.86. The zero-order chi connectivity index (χ0) is 18.7. The van der Waals surface area contributed by atoms with Crippen molar-refractivity contribution in [1.29, 1.82) is 0 Å². The largest absolute Gasteiger partial charge is 0.459 e. The van der Waals surface area contributed by atoms with Crippen molar-refractivity contribution in [2.75, 3.05) is 5.32 Å². The lowest BCUT2D eigenvalue weighted by molar-refractivity contribution is -0.116. The average molecular weight is 364 g/mol. The molecule has 134 valence electrons. The van der Waals surface area contributed by atoms with Gasteiger partial charge >= 0.3 is 5.97 Å². The molecule has 0 aliphatic heterocycles. The lowest BCUT2D eigenvalue weighted by Gasteiger charge is -2.10. The molecule has 0 saturated heterocycles. The van der Waals surface area contributed by atoms with Crippen LogP contribution in [0.4, 0.5) is 5.00 Å². The summed E-state index contributed by atoms with van der Waals surface area (Å²) in [5, 5.41) is 6.93. The predicted molar refractivity (Wildman–Crippen MR) is 93.7 cm³/mol. The van der Waals surface area contributed by atoms with Crippen molar-refractivity contribution in [2.24, 2.45) is 5.73 Å². The monoisotopic (exact) mass is 364 g/mol. The molecule has 2 aromatic rings. The maximum absolute atomic E-state index is 12.3. The van der Waals surface area contributed by atoms with Crippen LogP contribution in [0.15, 0.2) is 12.4 Å². The van der Waals surface area contributed by atoms with Crippen molar-refractivity contribution in [3.05, 3.63) is 34.0 Å². The minimum Gasteiger partial charge on any atom is -0.459 e. The van der Waals surface area contributed by atoms with E-state index in [2.05, 4.69) is 10.4 Å². The van der Waals surface area contributed by atoms with Crippen LogP contribution in [0.3, 0.4) is 0 Å². The molecule has 0 aliphatic carbocycles. The highest BCUT2D eigenvalue weighted by atomic mass is 32.1. The summed E-state index contributed by atoms with van der Waals surface area (Å²) in [4.78, 5) is 36.4. The van der Waals surface area contributed by atoms with Crippen molar-refractivity contribution in [3.8, 4) is 0 Å². The Bertz CT molecular complexity index is 822. The summed E-state index contributed by atoms with van der Waals surface area (Å²) in [6, 6.07) is 0. The van der Waals surface area contributed by atoms with Gasteiger partial charge in [-0.2, -0.15) is 5.10 Å². The third-order valence-electron chi connectivity index (χ3n) is 3.24. The number of nitrogens with zero attached hydrogens (tertiary/aromatic N) is 2. The van der Waals surface area contributed by atoms with Crippen LogP contribution >= 0.6 is 11.3 Å². The van der Waals surface area contributed by atoms with Gasteiger partial charge in [0, 0.05) is 6.20 Å². The lowest BCUT2D eigenvalue weighted by Crippen LogP contribution is -2.20. The summed E-state index contributed by atoms with van der Waals surface area (Å²) in [5.41, 5.74) is 6.82. The van der Waals surface area contributed by atoms with E-state index in [1.807, 2.05) is 6.92 Å². The van der Waals surface area contributed by atoms with E-state index in [9.17, 15) is 14.4 Å². The minimum absolute atomic E-state index is 0.0185. The van der Waals surface area contributed by atoms with Gasteiger partial charge in [-0.1, -0.05) is 0 Å². The van der Waals surface area contributed by atoms with Crippen molar-refractivity contribution in [2.45, 2.75) is 40.3 Å². The normalized spacial score (nSPS) is 10.8. The molecule has 0 aromatic carbocycles. The van der Waals surface area contributed by atoms with Crippen molar-refractivity contribution >= 4 is 34.1 Å². The van der Waals surface area contributed by atoms with E-state index < -0.39 is 11.9 Å². The first kappa shape index (κ1) is 18.7. The molecular weight excluding hydrogens is 344 g/mol. The molecular formula is C16H20N4O4S. The van der Waals surface area contributed by atoms with Crippen molar-refractivity contribution in [1.82, 2.24) is 9.78 Å². The fraction of sp³-hybridized carbons (Fsp3) is 0.375. The van der Waals surface area contributed by atoms with Crippen LogP contribution < -0.4 is 11.1 Å². The summed E-state index contributed by atoms with van der Waals surface area (Å²) < 4.78 is 6.68. The summed E-state index contributed by atoms with van der Waals surface area (Å²) in [6.45, 7) is 6.87. The molecule has 2 heterocycles. The molecule has 25 heavy (non-hydrogen) atoms. The second-order valence-corrected chi connectivity index (χ2v) is 6.86. The molecule has 0 bridgehead atoms. The molecule has 3 N–H and O–H groups in total. The molecule has 2 amide bonds. The van der Waals surface area contributed by atoms with Crippen LogP contribution in [0.1, 0.15) is 45.0 Å². The molecule has 0 saturated carbocycles. The maximum Gasteiger partial charge on any atom is 0.341 e. The zero-order valence-electron chi connectivity index (χ0n) is 14.5. The highest BCUT2D eigenvalue weighted by Gasteiger charge is 2.26. The summed E-state index contributed by atoms with van der Waals surface area (Å²) in [6.07, 6.45) is 3.03. The first-order valence-electron chi connectivity index (χ1n) is 7.62. The average Bonchev–Trinajstić information content (AvgIpc) is 3.01. The van der Waals surface area contributed by atoms with Gasteiger partial charge in [-0.15, -0.1) is 11.3 Å². The number of aromatic nitrogens is 2. The number of anilines is 1. The number of rotatable bonds is 6. The number of primary amides is 1. The fourth-order valence-corrected chi connectivity index (χ4v) is 3.29. The number of hydrogen-bond acceptors (Lipinski definition) is 6. The molecule has 0 atom stereocenters. The Kier molecular flexibility index (Phi) is 5.58. The van der Waals surface area contributed by atoms with Gasteiger partial charge in [0.15, 0.2) is 0 Å². The number of nitrogens with two attached hydrogens (primary N) is 1. The number of hydrogen-bond donors (Lipinski definition) is 2. The molecule has 0 radical (unpaired) electrons. The number of ether oxygens (including phenoxy) is 1. The Hall–Kier alpha value is -2.68. The van der Waals surface area contributed by atoms with Crippen molar-refractivity contribution < 1.29 is 19.1 Å². The number of esters is 1. The number of amides is 2. The Balaban J connectivity index is 2.28. The number of aryl methyl sites for hydroxylation is 1. The number of carbonyl (C=O) groups excluding carboxylic acids is 3. The first-order chi connectivity index (χ1) is 11.7. The highest BCUT2D eigenvalue weighted by Crippen LogP contribution is 2.33. The van der Waals surface area contributed by atoms with Gasteiger partial charge in [-0.25, -0.2) is 4.79 Å². The molecule has 2 rings (SSSR count). The van der Waals surface area contributed by atoms with E-state index in [-0.39, 0.29) is 34.0 Å². The third-order valence-corrected chi connectivity index (χ3v) is 4.46. The van der Waals surface area contributed by atoms with Crippen LogP contribution in [0.25, 0.3) is 0 Å². The van der Waals surface area contributed by atoms with Gasteiger partial charge in [0.1, 0.15) is 11.5 Å². The van der Waals surface area contributed by atoms with Gasteiger partial charge in [0.2, 0.25) is 5.91 Å². The Morgan fingerprint density at radius 1 is 1.36 bits per heavy atom. The fourth-order valence-electron chi connectivity index (χ4n) is 2.22. The van der Waals surface area contributed by atoms with Gasteiger partial charge in [0.05, 0.1) is 22.7 Å². The van der Waals surface area contributed by atoms with Crippen molar-refractivity contribution in [3.63, 3.8) is 0 Å². The second-order valence-electron chi connectivity index (χ2n) is 5.84. The van der Waals surface area contributed by atoms with Gasteiger partial charge in [-0.3, -0.25) is 14.3 Å². The molecule has 0 unspecified atom stereocenters. The number of nitrogens with one attached hydrogen (secondary N) is 1. The number of carbonyl (C=O) groups is 3. The Labute approximate surface area is 149 Å². The maximum atomic E-state index is 12.3. The second kappa shape index (κ2) is 7.47. The van der Waals surface area contributed by atoms with E-state index in [0.29, 0.717) is 5.56 Å². The zero-order valence-corrected chi connectivity index (χ0v) is 15.3. The van der Waals surface area contributed by atoms with Crippen LogP contribution in [-0.4, -0.2) is 33.7 Å². The van der Waals surface area contributed by atoms with Gasteiger partial charge in [0.25, 0.3) is 5.91 Å². The van der Waals surface area contributed by atoms with E-state index in [4.69, 9.17) is 10.5 Å². The van der Waals surface area contributed by atoms with Crippen LogP contribution in [0.2, 0.25) is 0 Å². The van der Waals surface area contributed by atoms with Gasteiger partial charge in [-0.05, 0) is 38.8 Å². The van der Waals surface area contributed by atoms with Gasteiger partial charge < -0.3 is 15.8 Å². The quantitative estimate of drug-likeness (QED) is 0.759. The van der Waals surface area contributed by atoms with E-state index in [0.717, 1.165) is 16.9 Å². The van der Waals surface area contributed by atoms with E-state index in [1.165, 1.54) is 4.68 Å². The molecule has 8 nitrogen and oxygen atoms in total. The Morgan fingerprint density at radius 3 is 2.56 bits per heavy atom. The highest BCUT2D eigenvalue weighted by molar-refractivity contribution is 7.18.